The molecule has 0 heterocycles. The van der Waals surface area contributed by atoms with Gasteiger partial charge in [0.15, 0.2) is 0 Å². The van der Waals surface area contributed by atoms with Crippen LogP contribution in [0.4, 0.5) is 0 Å². The average molecular weight is 191 g/mol. The van der Waals surface area contributed by atoms with Gasteiger partial charge in [-0.2, -0.15) is 0 Å². The Balaban J connectivity index is 3.12. The number of benzene rings is 1. The summed E-state index contributed by atoms with van der Waals surface area (Å²) in [5.74, 6) is 0. The van der Waals surface area contributed by atoms with E-state index in [1.165, 1.54) is 16.7 Å². The van der Waals surface area contributed by atoms with Crippen molar-refractivity contribution < 1.29 is 0 Å². The third-order valence-corrected chi connectivity index (χ3v) is 2.70. The van der Waals surface area contributed by atoms with Gasteiger partial charge >= 0.3 is 0 Å². The van der Waals surface area contributed by atoms with Gasteiger partial charge in [0.1, 0.15) is 0 Å². The van der Waals surface area contributed by atoms with Crippen LogP contribution < -0.4 is 5.73 Å². The summed E-state index contributed by atoms with van der Waals surface area (Å²) >= 11 is 0. The second-order valence-corrected chi connectivity index (χ2v) is 5.20. The average Bonchev–Trinajstić information content (AvgIpc) is 2.06. The fourth-order valence-corrected chi connectivity index (χ4v) is 1.56. The maximum Gasteiger partial charge on any atom is 0.0346 e. The Morgan fingerprint density at radius 3 is 2.21 bits per heavy atom. The van der Waals surface area contributed by atoms with Gasteiger partial charge in [-0.3, -0.25) is 0 Å². The van der Waals surface area contributed by atoms with E-state index in [1.807, 2.05) is 0 Å². The van der Waals surface area contributed by atoms with Crippen LogP contribution in [0.5, 0.6) is 0 Å². The highest BCUT2D eigenvalue weighted by molar-refractivity contribution is 5.33. The van der Waals surface area contributed by atoms with Gasteiger partial charge in [0.25, 0.3) is 0 Å². The molecule has 1 heteroatoms. The number of rotatable bonds is 1. The third-order valence-electron chi connectivity index (χ3n) is 2.70. The van der Waals surface area contributed by atoms with E-state index in [-0.39, 0.29) is 11.5 Å². The van der Waals surface area contributed by atoms with E-state index in [2.05, 4.69) is 52.8 Å². The largest absolute Gasteiger partial charge is 0.324 e. The van der Waals surface area contributed by atoms with Crippen molar-refractivity contribution in [1.29, 1.82) is 0 Å². The van der Waals surface area contributed by atoms with Crippen LogP contribution in [-0.4, -0.2) is 0 Å². The molecule has 0 aliphatic carbocycles. The Morgan fingerprint density at radius 2 is 1.71 bits per heavy atom. The summed E-state index contributed by atoms with van der Waals surface area (Å²) in [6, 6.07) is 6.60. The highest BCUT2D eigenvalue weighted by Crippen LogP contribution is 2.32. The molecule has 1 aromatic carbocycles. The minimum Gasteiger partial charge on any atom is -0.324 e. The molecule has 1 rings (SSSR count). The van der Waals surface area contributed by atoms with E-state index < -0.39 is 0 Å². The zero-order valence-corrected chi connectivity index (χ0v) is 9.89. The van der Waals surface area contributed by atoms with E-state index >= 15 is 0 Å². The molecule has 2 N–H and O–H groups in total. The SMILES string of the molecule is Cc1ccc(C)c([C@@H](N)C(C)(C)C)c1. The van der Waals surface area contributed by atoms with Crippen molar-refractivity contribution in [3.8, 4) is 0 Å². The molecule has 0 spiro atoms. The summed E-state index contributed by atoms with van der Waals surface area (Å²) < 4.78 is 0. The van der Waals surface area contributed by atoms with E-state index in [0.717, 1.165) is 0 Å². The van der Waals surface area contributed by atoms with Crippen molar-refractivity contribution in [3.63, 3.8) is 0 Å². The molecule has 0 saturated carbocycles. The molecule has 1 aromatic rings. The van der Waals surface area contributed by atoms with Gasteiger partial charge in [0.05, 0.1) is 0 Å². The molecule has 1 atom stereocenters. The molecule has 0 aromatic heterocycles. The van der Waals surface area contributed by atoms with Gasteiger partial charge in [0, 0.05) is 6.04 Å². The second-order valence-electron chi connectivity index (χ2n) is 5.20. The molecule has 0 amide bonds. The lowest BCUT2D eigenvalue weighted by Gasteiger charge is -2.28. The van der Waals surface area contributed by atoms with Crippen LogP contribution in [0.1, 0.15) is 43.5 Å². The maximum atomic E-state index is 6.24. The molecule has 0 unspecified atom stereocenters. The monoisotopic (exact) mass is 191 g/mol. The number of aryl methyl sites for hydroxylation is 2. The molecular formula is C13H21N. The first-order chi connectivity index (χ1) is 6.32. The van der Waals surface area contributed by atoms with Gasteiger partial charge in [0.2, 0.25) is 0 Å². The van der Waals surface area contributed by atoms with E-state index in [1.54, 1.807) is 0 Å². The molecule has 0 aliphatic rings. The standard InChI is InChI=1S/C13H21N/c1-9-6-7-10(2)11(8-9)12(14)13(3,4)5/h6-8,12H,14H2,1-5H3/t12-/m1/s1. The fraction of sp³-hybridized carbons (Fsp3) is 0.538. The van der Waals surface area contributed by atoms with Crippen LogP contribution in [-0.2, 0) is 0 Å². The van der Waals surface area contributed by atoms with Crippen molar-refractivity contribution in [1.82, 2.24) is 0 Å². The van der Waals surface area contributed by atoms with Crippen molar-refractivity contribution in [2.75, 3.05) is 0 Å². The van der Waals surface area contributed by atoms with Crippen LogP contribution >= 0.6 is 0 Å². The smallest absolute Gasteiger partial charge is 0.0346 e. The zero-order valence-electron chi connectivity index (χ0n) is 9.89. The first kappa shape index (κ1) is 11.3. The van der Waals surface area contributed by atoms with Gasteiger partial charge in [-0.25, -0.2) is 0 Å². The lowest BCUT2D eigenvalue weighted by molar-refractivity contribution is 0.326. The predicted octanol–water partition coefficient (Wildman–Crippen LogP) is 3.35. The topological polar surface area (TPSA) is 26.0 Å². The molecule has 1 nitrogen and oxygen atoms in total. The summed E-state index contributed by atoms with van der Waals surface area (Å²) in [5.41, 5.74) is 10.2. The third kappa shape index (κ3) is 2.36. The van der Waals surface area contributed by atoms with Crippen molar-refractivity contribution in [2.24, 2.45) is 11.1 Å². The van der Waals surface area contributed by atoms with E-state index in [9.17, 15) is 0 Å². The van der Waals surface area contributed by atoms with Crippen LogP contribution in [0, 0.1) is 19.3 Å². The van der Waals surface area contributed by atoms with Gasteiger partial charge in [-0.05, 0) is 30.4 Å². The predicted molar refractivity (Wildman–Crippen MR) is 62.3 cm³/mol. The quantitative estimate of drug-likeness (QED) is 0.723. The van der Waals surface area contributed by atoms with Crippen LogP contribution in [0.15, 0.2) is 18.2 Å². The Labute approximate surface area is 87.3 Å². The summed E-state index contributed by atoms with van der Waals surface area (Å²) in [7, 11) is 0. The van der Waals surface area contributed by atoms with Gasteiger partial charge in [-0.1, -0.05) is 44.5 Å². The van der Waals surface area contributed by atoms with E-state index in [0.29, 0.717) is 0 Å². The molecule has 14 heavy (non-hydrogen) atoms. The Hall–Kier alpha value is -0.820. The van der Waals surface area contributed by atoms with Gasteiger partial charge < -0.3 is 5.73 Å². The molecule has 0 aliphatic heterocycles. The van der Waals surface area contributed by atoms with Crippen LogP contribution in [0.2, 0.25) is 0 Å². The lowest BCUT2D eigenvalue weighted by Crippen LogP contribution is -2.27. The second kappa shape index (κ2) is 3.74. The number of hydrogen-bond donors (Lipinski definition) is 1. The highest BCUT2D eigenvalue weighted by atomic mass is 14.7. The summed E-state index contributed by atoms with van der Waals surface area (Å²) in [5, 5.41) is 0. The van der Waals surface area contributed by atoms with Crippen LogP contribution in [0.25, 0.3) is 0 Å². The van der Waals surface area contributed by atoms with Crippen molar-refractivity contribution in [3.05, 3.63) is 34.9 Å². The Kier molecular flexibility index (Phi) is 3.01. The highest BCUT2D eigenvalue weighted by Gasteiger charge is 2.23. The molecule has 78 valence electrons. The lowest BCUT2D eigenvalue weighted by atomic mass is 9.81. The van der Waals surface area contributed by atoms with E-state index in [4.69, 9.17) is 5.73 Å². The molecular weight excluding hydrogens is 170 g/mol. The number of nitrogens with two attached hydrogens (primary N) is 1. The minimum absolute atomic E-state index is 0.113. The molecule has 0 fully saturated rings. The number of hydrogen-bond acceptors (Lipinski definition) is 1. The summed E-state index contributed by atoms with van der Waals surface area (Å²) in [6.07, 6.45) is 0. The summed E-state index contributed by atoms with van der Waals surface area (Å²) in [4.78, 5) is 0. The Morgan fingerprint density at radius 1 is 1.14 bits per heavy atom. The first-order valence-electron chi connectivity index (χ1n) is 5.15. The summed E-state index contributed by atoms with van der Waals surface area (Å²) in [6.45, 7) is 10.8. The van der Waals surface area contributed by atoms with Gasteiger partial charge in [-0.15, -0.1) is 0 Å². The van der Waals surface area contributed by atoms with Crippen molar-refractivity contribution >= 4 is 0 Å². The molecule has 0 radical (unpaired) electrons. The first-order valence-corrected chi connectivity index (χ1v) is 5.15. The zero-order chi connectivity index (χ0) is 10.9. The fourth-order valence-electron chi connectivity index (χ4n) is 1.56. The van der Waals surface area contributed by atoms with Crippen LogP contribution in [0.3, 0.4) is 0 Å². The van der Waals surface area contributed by atoms with Crippen molar-refractivity contribution in [2.45, 2.75) is 40.7 Å². The normalized spacial score (nSPS) is 14.1. The minimum atomic E-state index is 0.113. The molecule has 0 saturated heterocycles. The molecule has 0 bridgehead atoms. The maximum absolute atomic E-state index is 6.24. The Bertz CT molecular complexity index is 320.